The maximum atomic E-state index is 10.6. The molecule has 0 bridgehead atoms. The van der Waals surface area contributed by atoms with E-state index in [1.807, 2.05) is 6.08 Å². The van der Waals surface area contributed by atoms with E-state index < -0.39 is 0 Å². The summed E-state index contributed by atoms with van der Waals surface area (Å²) in [4.78, 5) is 10.6. The van der Waals surface area contributed by atoms with Crippen LogP contribution in [0.3, 0.4) is 0 Å². The van der Waals surface area contributed by atoms with Crippen molar-refractivity contribution in [2.75, 3.05) is 7.11 Å². The molecule has 0 saturated heterocycles. The number of carbonyl (C=O) groups excluding carboxylic acids is 1. The third-order valence-corrected chi connectivity index (χ3v) is 2.97. The fourth-order valence-corrected chi connectivity index (χ4v) is 1.69. The Labute approximate surface area is 120 Å². The fraction of sp³-hybridized carbons (Fsp3) is 0.824. The van der Waals surface area contributed by atoms with Gasteiger partial charge >= 0.3 is 5.97 Å². The summed E-state index contributed by atoms with van der Waals surface area (Å²) < 4.78 is 4.52. The molecule has 0 amide bonds. The van der Waals surface area contributed by atoms with Crippen LogP contribution in [0.5, 0.6) is 0 Å². The number of carbonyl (C=O) groups is 1. The third kappa shape index (κ3) is 22.8. The molecule has 0 N–H and O–H groups in total. The molecule has 0 spiro atoms. The number of hydrogen-bond donors (Lipinski definition) is 0. The van der Waals surface area contributed by atoms with Crippen molar-refractivity contribution >= 4 is 5.97 Å². The van der Waals surface area contributed by atoms with Crippen LogP contribution in [0.1, 0.15) is 84.5 Å². The molecular weight excluding hydrogens is 236 g/mol. The molecule has 0 radical (unpaired) electrons. The number of unbranched alkanes of at least 4 members (excludes halogenated alkanes) is 8. The molecule has 0 rings (SSSR count). The lowest BCUT2D eigenvalue weighted by molar-refractivity contribution is -0.140. The van der Waals surface area contributed by atoms with Crippen molar-refractivity contribution in [1.82, 2.24) is 0 Å². The second-order valence-electron chi connectivity index (χ2n) is 4.88. The van der Waals surface area contributed by atoms with E-state index in [0.29, 0.717) is 6.42 Å². The van der Waals surface area contributed by atoms with Crippen molar-refractivity contribution in [3.05, 3.63) is 12.7 Å². The maximum absolute atomic E-state index is 10.6. The van der Waals surface area contributed by atoms with Gasteiger partial charge in [-0.2, -0.15) is 0 Å². The molecule has 2 heteroatoms. The SMILES string of the molecule is C=CCCCCCC.CCCCCCCC(=O)OC. The van der Waals surface area contributed by atoms with Gasteiger partial charge in [-0.05, 0) is 19.3 Å². The Bertz CT molecular complexity index is 188. The zero-order valence-corrected chi connectivity index (χ0v) is 13.4. The molecule has 0 unspecified atom stereocenters. The van der Waals surface area contributed by atoms with Crippen LogP contribution >= 0.6 is 0 Å². The molecule has 0 aromatic carbocycles. The van der Waals surface area contributed by atoms with Crippen LogP contribution < -0.4 is 0 Å². The van der Waals surface area contributed by atoms with E-state index in [4.69, 9.17) is 0 Å². The van der Waals surface area contributed by atoms with Gasteiger partial charge in [0.05, 0.1) is 7.11 Å². The molecular formula is C17H34O2. The first kappa shape index (κ1) is 20.5. The minimum absolute atomic E-state index is 0.0819. The zero-order valence-electron chi connectivity index (χ0n) is 13.4. The average molecular weight is 270 g/mol. The second kappa shape index (κ2) is 19.5. The van der Waals surface area contributed by atoms with Crippen LogP contribution in [-0.4, -0.2) is 13.1 Å². The van der Waals surface area contributed by atoms with Crippen LogP contribution in [0.25, 0.3) is 0 Å². The molecule has 19 heavy (non-hydrogen) atoms. The van der Waals surface area contributed by atoms with Crippen molar-refractivity contribution in [2.24, 2.45) is 0 Å². The molecule has 0 aliphatic heterocycles. The van der Waals surface area contributed by atoms with Gasteiger partial charge in [-0.1, -0.05) is 64.9 Å². The lowest BCUT2D eigenvalue weighted by Crippen LogP contribution is -1.98. The summed E-state index contributed by atoms with van der Waals surface area (Å²) in [6.45, 7) is 8.07. The van der Waals surface area contributed by atoms with Gasteiger partial charge in [0.1, 0.15) is 0 Å². The predicted octanol–water partition coefficient (Wildman–Crippen LogP) is 5.66. The van der Waals surface area contributed by atoms with E-state index in [0.717, 1.165) is 12.8 Å². The summed E-state index contributed by atoms with van der Waals surface area (Å²) in [5, 5.41) is 0. The van der Waals surface area contributed by atoms with Crippen LogP contribution in [-0.2, 0) is 9.53 Å². The summed E-state index contributed by atoms with van der Waals surface area (Å²) in [5.41, 5.74) is 0. The molecule has 0 saturated carbocycles. The van der Waals surface area contributed by atoms with Gasteiger partial charge < -0.3 is 4.74 Å². The number of methoxy groups -OCH3 is 1. The minimum Gasteiger partial charge on any atom is -0.469 e. The topological polar surface area (TPSA) is 26.3 Å². The average Bonchev–Trinajstić information content (AvgIpc) is 2.44. The van der Waals surface area contributed by atoms with Crippen LogP contribution in [0.2, 0.25) is 0 Å². The molecule has 0 aromatic rings. The van der Waals surface area contributed by atoms with Crippen LogP contribution in [0.4, 0.5) is 0 Å². The molecule has 114 valence electrons. The molecule has 0 fully saturated rings. The lowest BCUT2D eigenvalue weighted by atomic mass is 10.1. The van der Waals surface area contributed by atoms with E-state index in [-0.39, 0.29) is 5.97 Å². The van der Waals surface area contributed by atoms with E-state index in [2.05, 4.69) is 25.2 Å². The normalized spacial score (nSPS) is 9.42. The van der Waals surface area contributed by atoms with Gasteiger partial charge in [-0.15, -0.1) is 6.58 Å². The highest BCUT2D eigenvalue weighted by Crippen LogP contribution is 2.05. The number of esters is 1. The Morgan fingerprint density at radius 3 is 1.95 bits per heavy atom. The first-order valence-electron chi connectivity index (χ1n) is 7.90. The van der Waals surface area contributed by atoms with Crippen molar-refractivity contribution in [1.29, 1.82) is 0 Å². The Morgan fingerprint density at radius 2 is 1.47 bits per heavy atom. The summed E-state index contributed by atoms with van der Waals surface area (Å²) in [6, 6.07) is 0. The molecule has 0 atom stereocenters. The lowest BCUT2D eigenvalue weighted by Gasteiger charge is -1.98. The van der Waals surface area contributed by atoms with Gasteiger partial charge in [-0.3, -0.25) is 4.79 Å². The van der Waals surface area contributed by atoms with Gasteiger partial charge in [-0.25, -0.2) is 0 Å². The molecule has 0 aromatic heterocycles. The minimum atomic E-state index is -0.0819. The van der Waals surface area contributed by atoms with Crippen molar-refractivity contribution in [2.45, 2.75) is 84.5 Å². The molecule has 0 heterocycles. The van der Waals surface area contributed by atoms with Crippen molar-refractivity contribution in [3.8, 4) is 0 Å². The first-order valence-corrected chi connectivity index (χ1v) is 7.90. The number of rotatable bonds is 11. The Hall–Kier alpha value is -0.790. The Kier molecular flexibility index (Phi) is 21.1. The summed E-state index contributed by atoms with van der Waals surface area (Å²) in [6.07, 6.45) is 15.1. The van der Waals surface area contributed by atoms with E-state index >= 15 is 0 Å². The molecule has 0 aliphatic rings. The maximum Gasteiger partial charge on any atom is 0.305 e. The quantitative estimate of drug-likeness (QED) is 0.275. The number of hydrogen-bond acceptors (Lipinski definition) is 2. The zero-order chi connectivity index (χ0) is 14.8. The van der Waals surface area contributed by atoms with Gasteiger partial charge in [0.15, 0.2) is 0 Å². The van der Waals surface area contributed by atoms with Gasteiger partial charge in [0, 0.05) is 6.42 Å². The fourth-order valence-electron chi connectivity index (χ4n) is 1.69. The Morgan fingerprint density at radius 1 is 0.947 bits per heavy atom. The van der Waals surface area contributed by atoms with Crippen molar-refractivity contribution in [3.63, 3.8) is 0 Å². The highest BCUT2D eigenvalue weighted by Gasteiger charge is 1.97. The summed E-state index contributed by atoms with van der Waals surface area (Å²) >= 11 is 0. The monoisotopic (exact) mass is 270 g/mol. The van der Waals surface area contributed by atoms with Crippen molar-refractivity contribution < 1.29 is 9.53 Å². The van der Waals surface area contributed by atoms with E-state index in [9.17, 15) is 4.79 Å². The summed E-state index contributed by atoms with van der Waals surface area (Å²) in [5.74, 6) is -0.0819. The smallest absolute Gasteiger partial charge is 0.305 e. The molecule has 2 nitrogen and oxygen atoms in total. The van der Waals surface area contributed by atoms with Gasteiger partial charge in [0.25, 0.3) is 0 Å². The van der Waals surface area contributed by atoms with Gasteiger partial charge in [0.2, 0.25) is 0 Å². The highest BCUT2D eigenvalue weighted by molar-refractivity contribution is 5.68. The summed E-state index contributed by atoms with van der Waals surface area (Å²) in [7, 11) is 1.44. The highest BCUT2D eigenvalue weighted by atomic mass is 16.5. The molecule has 0 aliphatic carbocycles. The first-order chi connectivity index (χ1) is 9.22. The van der Waals surface area contributed by atoms with E-state index in [1.165, 1.54) is 58.5 Å². The van der Waals surface area contributed by atoms with Crippen LogP contribution in [0, 0.1) is 0 Å². The largest absolute Gasteiger partial charge is 0.469 e. The standard InChI is InChI=1S/C9H18O2.C8H16/c1-3-4-5-6-7-8-9(10)11-2;1-3-5-7-8-6-4-2/h3-8H2,1-2H3;3H,1,4-8H2,2H3. The van der Waals surface area contributed by atoms with E-state index in [1.54, 1.807) is 0 Å². The second-order valence-corrected chi connectivity index (χ2v) is 4.88. The van der Waals surface area contributed by atoms with Crippen LogP contribution in [0.15, 0.2) is 12.7 Å². The predicted molar refractivity (Wildman–Crippen MR) is 84.3 cm³/mol. The Balaban J connectivity index is 0. The third-order valence-electron chi connectivity index (χ3n) is 2.97. The number of ether oxygens (including phenoxy) is 1. The number of allylic oxidation sites excluding steroid dienone is 1.